The van der Waals surface area contributed by atoms with Gasteiger partial charge in [0, 0.05) is 36.6 Å². The molecule has 1 aromatic heterocycles. The minimum Gasteiger partial charge on any atom is -0.460 e. The van der Waals surface area contributed by atoms with Crippen molar-refractivity contribution in [3.63, 3.8) is 0 Å². The highest BCUT2D eigenvalue weighted by Crippen LogP contribution is 2.60. The Morgan fingerprint density at radius 2 is 1.82 bits per heavy atom. The highest BCUT2D eigenvalue weighted by Gasteiger charge is 2.55. The maximum Gasteiger partial charge on any atom is 0.306 e. The molecule has 44 heavy (non-hydrogen) atoms. The number of ether oxygens (including phenoxy) is 1. The molecule has 0 amide bonds. The van der Waals surface area contributed by atoms with Gasteiger partial charge in [-0.15, -0.1) is 0 Å². The summed E-state index contributed by atoms with van der Waals surface area (Å²) in [5.41, 5.74) is 1.29. The zero-order chi connectivity index (χ0) is 30.9. The number of esters is 1. The van der Waals surface area contributed by atoms with Gasteiger partial charge in [0.2, 0.25) is 5.95 Å². The van der Waals surface area contributed by atoms with Gasteiger partial charge >= 0.3 is 5.97 Å². The third-order valence-electron chi connectivity index (χ3n) is 10.5. The zero-order valence-corrected chi connectivity index (χ0v) is 27.1. The second-order valence-electron chi connectivity index (χ2n) is 15.0. The summed E-state index contributed by atoms with van der Waals surface area (Å²) in [6.45, 7) is 7.17. The molecule has 5 fully saturated rings. The average molecular weight is 619 g/mol. The van der Waals surface area contributed by atoms with E-state index in [0.29, 0.717) is 65.2 Å². The van der Waals surface area contributed by atoms with E-state index in [-0.39, 0.29) is 11.4 Å². The van der Waals surface area contributed by atoms with Crippen molar-refractivity contribution in [1.29, 1.82) is 5.26 Å². The van der Waals surface area contributed by atoms with E-state index in [9.17, 15) is 10.1 Å². The summed E-state index contributed by atoms with van der Waals surface area (Å²) in [6.07, 6.45) is 13.0. The molecule has 5 atom stereocenters. The smallest absolute Gasteiger partial charge is 0.306 e. The number of nitrogens with one attached hydrogen (secondary N) is 3. The van der Waals surface area contributed by atoms with E-state index in [1.807, 2.05) is 45.0 Å². The second-order valence-corrected chi connectivity index (χ2v) is 15.4. The first-order valence-electron chi connectivity index (χ1n) is 16.5. The third kappa shape index (κ3) is 7.32. The van der Waals surface area contributed by atoms with Crippen LogP contribution in [0.2, 0.25) is 5.02 Å². The van der Waals surface area contributed by atoms with Gasteiger partial charge < -0.3 is 20.7 Å². The average Bonchev–Trinajstić information content (AvgIpc) is 2.97. The van der Waals surface area contributed by atoms with Crippen molar-refractivity contribution in [1.82, 2.24) is 15.3 Å². The van der Waals surface area contributed by atoms with E-state index in [1.165, 1.54) is 32.1 Å². The molecule has 4 bridgehead atoms. The van der Waals surface area contributed by atoms with Crippen molar-refractivity contribution in [3.8, 4) is 6.07 Å². The maximum atomic E-state index is 12.3. The van der Waals surface area contributed by atoms with Crippen molar-refractivity contribution in [2.75, 3.05) is 17.2 Å². The molecule has 0 radical (unpaired) electrons. The van der Waals surface area contributed by atoms with Crippen LogP contribution < -0.4 is 16.0 Å². The number of nitrogens with zero attached hydrogens (tertiary/aromatic N) is 3. The van der Waals surface area contributed by atoms with Crippen LogP contribution in [0.15, 0.2) is 30.5 Å². The third-order valence-corrected chi connectivity index (χ3v) is 10.9. The molecule has 236 valence electrons. The van der Waals surface area contributed by atoms with Gasteiger partial charge in [-0.1, -0.05) is 29.8 Å². The first-order chi connectivity index (χ1) is 21.1. The summed E-state index contributed by atoms with van der Waals surface area (Å²) in [7, 11) is 0. The number of carbonyl (C=O) groups is 1. The van der Waals surface area contributed by atoms with Crippen LogP contribution in [0.5, 0.6) is 0 Å². The molecule has 7 rings (SSSR count). The Bertz CT molecular complexity index is 1360. The van der Waals surface area contributed by atoms with Crippen LogP contribution in [0.25, 0.3) is 0 Å². The van der Waals surface area contributed by atoms with Gasteiger partial charge in [-0.25, -0.2) is 4.98 Å². The van der Waals surface area contributed by atoms with Crippen LogP contribution in [0.4, 0.5) is 11.8 Å². The SMILES string of the molecule is CC(C)(C)OC(=O)CC1CCC(NC2[C@@H]3CC4C[C@H]2CC(CNc2nc(NCc5ccccc5Cl)ncc2C#N)(C4)C3)CC1. The first kappa shape index (κ1) is 31.1. The molecule has 5 aliphatic rings. The molecule has 0 aliphatic heterocycles. The van der Waals surface area contributed by atoms with Crippen molar-refractivity contribution in [2.45, 2.75) is 109 Å². The predicted octanol–water partition coefficient (Wildman–Crippen LogP) is 7.10. The molecule has 3 N–H and O–H groups in total. The lowest BCUT2D eigenvalue weighted by atomic mass is 9.47. The molecule has 1 aromatic carbocycles. The lowest BCUT2D eigenvalue weighted by molar-refractivity contribution is -0.156. The van der Waals surface area contributed by atoms with Crippen molar-refractivity contribution in [3.05, 3.63) is 46.6 Å². The Labute approximate surface area is 267 Å². The zero-order valence-electron chi connectivity index (χ0n) is 26.4. The number of carbonyl (C=O) groups excluding carboxylic acids is 1. The summed E-state index contributed by atoms with van der Waals surface area (Å²) in [4.78, 5) is 21.4. The Balaban J connectivity index is 1.03. The molecule has 5 aliphatic carbocycles. The van der Waals surface area contributed by atoms with Crippen LogP contribution in [0, 0.1) is 40.4 Å². The molecule has 0 spiro atoms. The Morgan fingerprint density at radius 3 is 2.50 bits per heavy atom. The maximum absolute atomic E-state index is 12.3. The summed E-state index contributed by atoms with van der Waals surface area (Å²) < 4.78 is 5.57. The van der Waals surface area contributed by atoms with Gasteiger partial charge in [0.15, 0.2) is 0 Å². The Morgan fingerprint density at radius 1 is 1.09 bits per heavy atom. The lowest BCUT2D eigenvalue weighted by Gasteiger charge is -2.61. The van der Waals surface area contributed by atoms with Gasteiger partial charge in [-0.3, -0.25) is 4.79 Å². The van der Waals surface area contributed by atoms with Gasteiger partial charge in [0.05, 0.1) is 6.20 Å². The number of hydrogen-bond donors (Lipinski definition) is 3. The van der Waals surface area contributed by atoms with E-state index in [0.717, 1.165) is 43.7 Å². The fourth-order valence-electron chi connectivity index (χ4n) is 8.88. The number of hydrogen-bond acceptors (Lipinski definition) is 8. The molecule has 9 heteroatoms. The number of benzene rings is 1. The minimum absolute atomic E-state index is 0.0534. The van der Waals surface area contributed by atoms with Crippen molar-refractivity contribution >= 4 is 29.3 Å². The van der Waals surface area contributed by atoms with E-state index in [1.54, 1.807) is 6.20 Å². The highest BCUT2D eigenvalue weighted by atomic mass is 35.5. The number of aromatic nitrogens is 2. The van der Waals surface area contributed by atoms with Crippen LogP contribution in [-0.2, 0) is 16.1 Å². The number of rotatable bonds is 10. The van der Waals surface area contributed by atoms with Crippen molar-refractivity contribution < 1.29 is 9.53 Å². The van der Waals surface area contributed by atoms with Crippen LogP contribution in [0.3, 0.4) is 0 Å². The minimum atomic E-state index is -0.410. The van der Waals surface area contributed by atoms with Crippen LogP contribution in [0.1, 0.15) is 96.1 Å². The molecule has 8 nitrogen and oxygen atoms in total. The Hall–Kier alpha value is -2.89. The molecule has 1 heterocycles. The number of anilines is 2. The summed E-state index contributed by atoms with van der Waals surface area (Å²) in [5, 5.41) is 21.5. The molecule has 5 saturated carbocycles. The summed E-state index contributed by atoms with van der Waals surface area (Å²) in [5.74, 6) is 3.70. The second kappa shape index (κ2) is 12.8. The number of halogens is 1. The van der Waals surface area contributed by atoms with E-state index >= 15 is 0 Å². The standard InChI is InChI=1S/C35H47ClN6O2/c1-34(2,3)44-30(43)14-22-8-10-28(11-9-22)41-31-25-12-23-13-26(31)17-35(15-23,16-25)21-40-32-27(18-37)20-39-33(42-32)38-19-24-6-4-5-7-29(24)36/h4-7,20,22-23,25-26,28,31,41H,8-17,19,21H2,1-3H3,(H2,38,39,40,42)/t22?,23?,25-,26+,28?,31?,35?. The Kier molecular flexibility index (Phi) is 9.08. The largest absolute Gasteiger partial charge is 0.460 e. The number of nitriles is 1. The summed E-state index contributed by atoms with van der Waals surface area (Å²) in [6, 6.07) is 11.1. The summed E-state index contributed by atoms with van der Waals surface area (Å²) >= 11 is 6.32. The quantitative estimate of drug-likeness (QED) is 0.242. The normalized spacial score (nSPS) is 30.9. The lowest BCUT2D eigenvalue weighted by Crippen LogP contribution is -2.61. The van der Waals surface area contributed by atoms with Gasteiger partial charge in [0.1, 0.15) is 23.1 Å². The molecular formula is C35H47ClN6O2. The van der Waals surface area contributed by atoms with Gasteiger partial charge in [0.25, 0.3) is 0 Å². The highest BCUT2D eigenvalue weighted by molar-refractivity contribution is 6.31. The topological polar surface area (TPSA) is 112 Å². The fourth-order valence-corrected chi connectivity index (χ4v) is 9.08. The van der Waals surface area contributed by atoms with Gasteiger partial charge in [-0.05, 0) is 119 Å². The fraction of sp³-hybridized carbons (Fsp3) is 0.657. The molecule has 2 aromatic rings. The van der Waals surface area contributed by atoms with E-state index < -0.39 is 5.60 Å². The predicted molar refractivity (Wildman–Crippen MR) is 173 cm³/mol. The molecule has 0 saturated heterocycles. The molecule has 3 unspecified atom stereocenters. The van der Waals surface area contributed by atoms with Crippen molar-refractivity contribution in [2.24, 2.45) is 29.1 Å². The monoisotopic (exact) mass is 618 g/mol. The van der Waals surface area contributed by atoms with Crippen LogP contribution in [-0.4, -0.2) is 40.2 Å². The van der Waals surface area contributed by atoms with E-state index in [2.05, 4.69) is 27.0 Å². The first-order valence-corrected chi connectivity index (χ1v) is 16.9. The van der Waals surface area contributed by atoms with E-state index in [4.69, 9.17) is 21.3 Å². The van der Waals surface area contributed by atoms with Gasteiger partial charge in [-0.2, -0.15) is 10.2 Å². The molecular weight excluding hydrogens is 572 g/mol. The van der Waals surface area contributed by atoms with Crippen LogP contribution >= 0.6 is 11.6 Å².